The van der Waals surface area contributed by atoms with Gasteiger partial charge in [0.25, 0.3) is 0 Å². The lowest BCUT2D eigenvalue weighted by atomic mass is 10.1. The number of ether oxygens (including phenoxy) is 2. The average Bonchev–Trinajstić information content (AvgIpc) is 2.32. The van der Waals surface area contributed by atoms with Crippen molar-refractivity contribution in [3.8, 4) is 11.5 Å². The molecule has 0 fully saturated rings. The van der Waals surface area contributed by atoms with Crippen molar-refractivity contribution in [1.82, 2.24) is 4.90 Å². The standard InChI is InChI=1S/C14H21NO2/c1-9-6-7-10(2)14-13(9)16-8-12(17-14)11(3)15(4)5/h6-7,11-12H,8H2,1-5H3/t11-,12+/m1/s1. The van der Waals surface area contributed by atoms with Crippen LogP contribution in [0.2, 0.25) is 0 Å². The molecule has 3 heteroatoms. The zero-order valence-electron chi connectivity index (χ0n) is 11.3. The van der Waals surface area contributed by atoms with Crippen LogP contribution in [0.5, 0.6) is 11.5 Å². The first kappa shape index (κ1) is 12.2. The van der Waals surface area contributed by atoms with Crippen molar-refractivity contribution in [3.63, 3.8) is 0 Å². The molecule has 0 aliphatic carbocycles. The molecule has 1 aliphatic heterocycles. The molecule has 0 radical (unpaired) electrons. The van der Waals surface area contributed by atoms with Crippen LogP contribution in [0.1, 0.15) is 18.1 Å². The van der Waals surface area contributed by atoms with E-state index in [2.05, 4.69) is 51.9 Å². The zero-order chi connectivity index (χ0) is 12.6. The third kappa shape index (κ3) is 2.25. The van der Waals surface area contributed by atoms with Gasteiger partial charge in [-0.15, -0.1) is 0 Å². The lowest BCUT2D eigenvalue weighted by Gasteiger charge is -2.34. The molecule has 1 heterocycles. The van der Waals surface area contributed by atoms with Gasteiger partial charge in [0.15, 0.2) is 11.5 Å². The average molecular weight is 235 g/mol. The number of likely N-dealkylation sites (N-methyl/N-ethyl adjacent to an activating group) is 1. The summed E-state index contributed by atoms with van der Waals surface area (Å²) in [6, 6.07) is 4.50. The molecular weight excluding hydrogens is 214 g/mol. The van der Waals surface area contributed by atoms with Gasteiger partial charge in [-0.25, -0.2) is 0 Å². The highest BCUT2D eigenvalue weighted by molar-refractivity contribution is 5.52. The van der Waals surface area contributed by atoms with E-state index < -0.39 is 0 Å². The Morgan fingerprint density at radius 2 is 1.76 bits per heavy atom. The van der Waals surface area contributed by atoms with E-state index in [4.69, 9.17) is 9.47 Å². The number of rotatable bonds is 2. The molecule has 94 valence electrons. The molecule has 0 spiro atoms. The fraction of sp³-hybridized carbons (Fsp3) is 0.571. The summed E-state index contributed by atoms with van der Waals surface area (Å²) in [5.41, 5.74) is 2.28. The van der Waals surface area contributed by atoms with Crippen LogP contribution >= 0.6 is 0 Å². The van der Waals surface area contributed by atoms with Gasteiger partial charge in [-0.2, -0.15) is 0 Å². The van der Waals surface area contributed by atoms with Crippen LogP contribution in [-0.2, 0) is 0 Å². The maximum atomic E-state index is 6.10. The van der Waals surface area contributed by atoms with E-state index in [-0.39, 0.29) is 6.10 Å². The molecule has 2 rings (SSSR count). The van der Waals surface area contributed by atoms with Crippen molar-refractivity contribution in [2.45, 2.75) is 32.9 Å². The second-order valence-corrected chi connectivity index (χ2v) is 5.03. The summed E-state index contributed by atoms with van der Waals surface area (Å²) in [6.07, 6.45) is 0.0954. The van der Waals surface area contributed by atoms with Crippen LogP contribution in [0.4, 0.5) is 0 Å². The van der Waals surface area contributed by atoms with Crippen LogP contribution in [0.25, 0.3) is 0 Å². The third-order valence-corrected chi connectivity index (χ3v) is 3.52. The Hall–Kier alpha value is -1.22. The molecule has 0 saturated carbocycles. The number of nitrogens with zero attached hydrogens (tertiary/aromatic N) is 1. The predicted octanol–water partition coefficient (Wildman–Crippen LogP) is 2.39. The highest BCUT2D eigenvalue weighted by atomic mass is 16.6. The first-order chi connectivity index (χ1) is 8.00. The Labute approximate surface area is 103 Å². The van der Waals surface area contributed by atoms with Crippen molar-refractivity contribution < 1.29 is 9.47 Å². The number of aryl methyl sites for hydroxylation is 2. The molecule has 3 nitrogen and oxygen atoms in total. The molecule has 2 atom stereocenters. The number of hydrogen-bond acceptors (Lipinski definition) is 3. The second-order valence-electron chi connectivity index (χ2n) is 5.03. The van der Waals surface area contributed by atoms with E-state index >= 15 is 0 Å². The molecule has 0 unspecified atom stereocenters. The van der Waals surface area contributed by atoms with E-state index in [0.717, 1.165) is 22.6 Å². The Morgan fingerprint density at radius 3 is 2.35 bits per heavy atom. The summed E-state index contributed by atoms with van der Waals surface area (Å²) < 4.78 is 12.0. The van der Waals surface area contributed by atoms with Crippen LogP contribution < -0.4 is 9.47 Å². The van der Waals surface area contributed by atoms with Crippen LogP contribution in [-0.4, -0.2) is 37.7 Å². The molecule has 0 aromatic heterocycles. The summed E-state index contributed by atoms with van der Waals surface area (Å²) in [7, 11) is 4.12. The number of benzene rings is 1. The normalized spacial score (nSPS) is 20.5. The van der Waals surface area contributed by atoms with Crippen LogP contribution in [0.15, 0.2) is 12.1 Å². The molecule has 0 amide bonds. The molecule has 17 heavy (non-hydrogen) atoms. The highest BCUT2D eigenvalue weighted by Gasteiger charge is 2.29. The van der Waals surface area contributed by atoms with Gasteiger partial charge in [-0.05, 0) is 46.0 Å². The minimum Gasteiger partial charge on any atom is -0.485 e. The minimum atomic E-state index is 0.0954. The zero-order valence-corrected chi connectivity index (χ0v) is 11.3. The van der Waals surface area contributed by atoms with Gasteiger partial charge in [-0.3, -0.25) is 0 Å². The topological polar surface area (TPSA) is 21.7 Å². The second kappa shape index (κ2) is 4.57. The van der Waals surface area contributed by atoms with Crippen molar-refractivity contribution in [3.05, 3.63) is 23.3 Å². The quantitative estimate of drug-likeness (QED) is 0.785. The van der Waals surface area contributed by atoms with Gasteiger partial charge in [0.05, 0.1) is 0 Å². The molecule has 1 aromatic rings. The van der Waals surface area contributed by atoms with Crippen molar-refractivity contribution in [2.24, 2.45) is 0 Å². The molecular formula is C14H21NO2. The number of hydrogen-bond donors (Lipinski definition) is 0. The Bertz CT molecular complexity index is 415. The molecule has 1 aliphatic rings. The van der Waals surface area contributed by atoms with Gasteiger partial charge in [0, 0.05) is 6.04 Å². The Kier molecular flexibility index (Phi) is 3.29. The summed E-state index contributed by atoms with van der Waals surface area (Å²) in [6.45, 7) is 6.89. The van der Waals surface area contributed by atoms with Gasteiger partial charge in [-0.1, -0.05) is 12.1 Å². The van der Waals surface area contributed by atoms with Crippen molar-refractivity contribution >= 4 is 0 Å². The van der Waals surface area contributed by atoms with Crippen molar-refractivity contribution in [1.29, 1.82) is 0 Å². The van der Waals surface area contributed by atoms with Gasteiger partial charge in [0.2, 0.25) is 0 Å². The fourth-order valence-electron chi connectivity index (χ4n) is 2.01. The van der Waals surface area contributed by atoms with Gasteiger partial charge < -0.3 is 14.4 Å². The monoisotopic (exact) mass is 235 g/mol. The molecule has 0 N–H and O–H groups in total. The first-order valence-electron chi connectivity index (χ1n) is 6.06. The minimum absolute atomic E-state index is 0.0954. The SMILES string of the molecule is Cc1ccc(C)c2c1OC[C@@H]([C@@H](C)N(C)C)O2. The molecule has 0 bridgehead atoms. The van der Waals surface area contributed by atoms with Gasteiger partial charge >= 0.3 is 0 Å². The van der Waals surface area contributed by atoms with Crippen LogP contribution in [0.3, 0.4) is 0 Å². The molecule has 1 aromatic carbocycles. The van der Waals surface area contributed by atoms with E-state index in [1.54, 1.807) is 0 Å². The maximum absolute atomic E-state index is 6.10. The predicted molar refractivity (Wildman–Crippen MR) is 69.0 cm³/mol. The molecule has 0 saturated heterocycles. The van der Waals surface area contributed by atoms with Crippen LogP contribution in [0, 0.1) is 13.8 Å². The Morgan fingerprint density at radius 1 is 1.18 bits per heavy atom. The summed E-state index contributed by atoms with van der Waals surface area (Å²) in [4.78, 5) is 2.16. The first-order valence-corrected chi connectivity index (χ1v) is 6.06. The number of fused-ring (bicyclic) bond motifs is 1. The largest absolute Gasteiger partial charge is 0.485 e. The van der Waals surface area contributed by atoms with Crippen molar-refractivity contribution in [2.75, 3.05) is 20.7 Å². The summed E-state index contributed by atoms with van der Waals surface area (Å²) in [5, 5.41) is 0. The lowest BCUT2D eigenvalue weighted by Crippen LogP contribution is -2.45. The summed E-state index contributed by atoms with van der Waals surface area (Å²) >= 11 is 0. The summed E-state index contributed by atoms with van der Waals surface area (Å²) in [5.74, 6) is 1.82. The maximum Gasteiger partial charge on any atom is 0.165 e. The fourth-order valence-corrected chi connectivity index (χ4v) is 2.01. The Balaban J connectivity index is 2.27. The van der Waals surface area contributed by atoms with E-state index in [9.17, 15) is 0 Å². The van der Waals surface area contributed by atoms with E-state index in [0.29, 0.717) is 12.6 Å². The third-order valence-electron chi connectivity index (χ3n) is 3.52. The highest BCUT2D eigenvalue weighted by Crippen LogP contribution is 2.38. The van der Waals surface area contributed by atoms with E-state index in [1.807, 2.05) is 0 Å². The smallest absolute Gasteiger partial charge is 0.165 e. The van der Waals surface area contributed by atoms with E-state index in [1.165, 1.54) is 0 Å². The lowest BCUT2D eigenvalue weighted by molar-refractivity contribution is 0.0360. The van der Waals surface area contributed by atoms with Gasteiger partial charge in [0.1, 0.15) is 12.7 Å².